The van der Waals surface area contributed by atoms with E-state index in [0.29, 0.717) is 7.92 Å². The predicted octanol–water partition coefficient (Wildman–Crippen LogP) is 8.27. The van der Waals surface area contributed by atoms with Crippen molar-refractivity contribution in [2.45, 2.75) is 133 Å². The number of hydrogen-bond donors (Lipinski definition) is 0. The maximum Gasteiger partial charge on any atom is -0.0178 e. The predicted molar refractivity (Wildman–Crippen MR) is 111 cm³/mol. The van der Waals surface area contributed by atoms with Crippen molar-refractivity contribution in [2.24, 2.45) is 5.92 Å². The molecule has 0 amide bonds. The maximum atomic E-state index is 1.65. The second-order valence-electron chi connectivity index (χ2n) is 9.11. The van der Waals surface area contributed by atoms with Gasteiger partial charge in [-0.25, -0.2) is 0 Å². The van der Waals surface area contributed by atoms with Crippen LogP contribution in [0.3, 0.4) is 0 Å². The van der Waals surface area contributed by atoms with Gasteiger partial charge in [0.05, 0.1) is 0 Å². The Morgan fingerprint density at radius 2 is 0.875 bits per heavy atom. The molecular formula is C23H43P. The Morgan fingerprint density at radius 3 is 1.54 bits per heavy atom. The Kier molecular flexibility index (Phi) is 8.97. The lowest BCUT2D eigenvalue weighted by molar-refractivity contribution is 0.386. The van der Waals surface area contributed by atoms with Crippen molar-refractivity contribution in [2.75, 3.05) is 6.16 Å². The molecule has 2 unspecified atom stereocenters. The zero-order valence-electron chi connectivity index (χ0n) is 16.3. The highest BCUT2D eigenvalue weighted by atomic mass is 31.1. The minimum Gasteiger partial charge on any atom is -0.100 e. The van der Waals surface area contributed by atoms with Crippen molar-refractivity contribution in [3.63, 3.8) is 0 Å². The zero-order valence-corrected chi connectivity index (χ0v) is 17.2. The normalized spacial score (nSPS) is 33.5. The Morgan fingerprint density at radius 1 is 0.417 bits per heavy atom. The average Bonchev–Trinajstić information content (AvgIpc) is 2.84. The first-order valence-corrected chi connectivity index (χ1v) is 13.4. The van der Waals surface area contributed by atoms with Crippen LogP contribution in [0.1, 0.15) is 122 Å². The summed E-state index contributed by atoms with van der Waals surface area (Å²) in [6, 6.07) is 0. The van der Waals surface area contributed by atoms with Crippen LogP contribution in [0, 0.1) is 5.92 Å². The summed E-state index contributed by atoms with van der Waals surface area (Å²) in [5, 5.41) is 0. The number of rotatable bonds is 2. The molecule has 1 heteroatoms. The molecule has 0 spiro atoms. The highest BCUT2D eigenvalue weighted by Gasteiger charge is 2.34. The lowest BCUT2D eigenvalue weighted by atomic mass is 9.90. The fourth-order valence-corrected chi connectivity index (χ4v) is 10.1. The molecule has 1 aliphatic heterocycles. The summed E-state index contributed by atoms with van der Waals surface area (Å²) in [5.74, 6) is 1.12. The van der Waals surface area contributed by atoms with Gasteiger partial charge in [0.2, 0.25) is 0 Å². The first kappa shape index (κ1) is 19.2. The smallest absolute Gasteiger partial charge is 0.0178 e. The summed E-state index contributed by atoms with van der Waals surface area (Å²) in [6.45, 7) is 0. The van der Waals surface area contributed by atoms with Crippen molar-refractivity contribution in [3.05, 3.63) is 0 Å². The summed E-state index contributed by atoms with van der Waals surface area (Å²) in [6.07, 6.45) is 31.3. The van der Waals surface area contributed by atoms with Gasteiger partial charge >= 0.3 is 0 Å². The van der Waals surface area contributed by atoms with E-state index in [9.17, 15) is 0 Å². The summed E-state index contributed by atoms with van der Waals surface area (Å²) >= 11 is 0. The molecule has 3 rings (SSSR count). The van der Waals surface area contributed by atoms with Crippen LogP contribution in [-0.4, -0.2) is 17.5 Å². The standard InChI is InChI=1S/C23H43P/c1-2-5-10-16-21(15-9-4-1)23-19-13-6-3-7-14-20-24(23)22-17-11-8-12-18-22/h21-23H,1-20H2. The molecule has 0 aromatic rings. The van der Waals surface area contributed by atoms with E-state index in [4.69, 9.17) is 0 Å². The van der Waals surface area contributed by atoms with Gasteiger partial charge in [0, 0.05) is 0 Å². The van der Waals surface area contributed by atoms with Gasteiger partial charge in [0.25, 0.3) is 0 Å². The van der Waals surface area contributed by atoms with Gasteiger partial charge in [0.15, 0.2) is 0 Å². The van der Waals surface area contributed by atoms with Gasteiger partial charge in [0.1, 0.15) is 0 Å². The molecule has 2 aliphatic carbocycles. The van der Waals surface area contributed by atoms with Crippen molar-refractivity contribution in [1.82, 2.24) is 0 Å². The van der Waals surface area contributed by atoms with Gasteiger partial charge in [-0.3, -0.25) is 0 Å². The number of hydrogen-bond acceptors (Lipinski definition) is 0. The molecule has 1 saturated heterocycles. The van der Waals surface area contributed by atoms with Crippen molar-refractivity contribution >= 4 is 7.92 Å². The van der Waals surface area contributed by atoms with Crippen LogP contribution < -0.4 is 0 Å². The van der Waals surface area contributed by atoms with E-state index in [2.05, 4.69) is 0 Å². The topological polar surface area (TPSA) is 0 Å². The van der Waals surface area contributed by atoms with E-state index >= 15 is 0 Å². The Balaban J connectivity index is 1.70. The fourth-order valence-electron chi connectivity index (χ4n) is 5.93. The van der Waals surface area contributed by atoms with Crippen LogP contribution in [0.5, 0.6) is 0 Å². The third-order valence-corrected chi connectivity index (χ3v) is 11.1. The molecule has 0 nitrogen and oxygen atoms in total. The van der Waals surface area contributed by atoms with E-state index in [-0.39, 0.29) is 0 Å². The quantitative estimate of drug-likeness (QED) is 0.439. The Hall–Kier alpha value is 0.430. The minimum atomic E-state index is 0.334. The van der Waals surface area contributed by atoms with Gasteiger partial charge in [-0.2, -0.15) is 0 Å². The Bertz CT molecular complexity index is 310. The second-order valence-corrected chi connectivity index (χ2v) is 12.0. The van der Waals surface area contributed by atoms with E-state index in [1.165, 1.54) is 56.3 Å². The molecule has 1 heterocycles. The van der Waals surface area contributed by atoms with Crippen LogP contribution in [0.15, 0.2) is 0 Å². The van der Waals surface area contributed by atoms with E-state index in [0.717, 1.165) is 5.92 Å². The van der Waals surface area contributed by atoms with Gasteiger partial charge in [-0.15, -0.1) is 7.92 Å². The first-order chi connectivity index (χ1) is 11.9. The summed E-state index contributed by atoms with van der Waals surface area (Å²) in [7, 11) is 0.334. The molecule has 0 radical (unpaired) electrons. The van der Waals surface area contributed by atoms with Gasteiger partial charge in [-0.1, -0.05) is 83.5 Å². The first-order valence-electron chi connectivity index (χ1n) is 11.7. The van der Waals surface area contributed by atoms with E-state index in [1.807, 2.05) is 0 Å². The lowest BCUT2D eigenvalue weighted by Gasteiger charge is -2.41. The van der Waals surface area contributed by atoms with Gasteiger partial charge < -0.3 is 0 Å². The van der Waals surface area contributed by atoms with Crippen LogP contribution in [-0.2, 0) is 0 Å². The molecule has 3 aliphatic rings. The van der Waals surface area contributed by atoms with Crippen molar-refractivity contribution in [3.8, 4) is 0 Å². The van der Waals surface area contributed by atoms with Crippen LogP contribution >= 0.6 is 7.92 Å². The largest absolute Gasteiger partial charge is 0.100 e. The molecule has 0 aromatic heterocycles. The van der Waals surface area contributed by atoms with Crippen molar-refractivity contribution < 1.29 is 0 Å². The van der Waals surface area contributed by atoms with Crippen molar-refractivity contribution in [1.29, 1.82) is 0 Å². The molecule has 0 N–H and O–H groups in total. The second kappa shape index (κ2) is 11.2. The van der Waals surface area contributed by atoms with Crippen LogP contribution in [0.25, 0.3) is 0 Å². The molecule has 3 fully saturated rings. The molecule has 2 saturated carbocycles. The van der Waals surface area contributed by atoms with E-state index in [1.54, 1.807) is 83.2 Å². The van der Waals surface area contributed by atoms with E-state index < -0.39 is 0 Å². The zero-order chi connectivity index (χ0) is 16.5. The minimum absolute atomic E-state index is 0.334. The molecule has 24 heavy (non-hydrogen) atoms. The molecule has 0 aromatic carbocycles. The maximum absolute atomic E-state index is 1.65. The lowest BCUT2D eigenvalue weighted by Crippen LogP contribution is -2.26. The third-order valence-electron chi connectivity index (χ3n) is 7.33. The summed E-state index contributed by atoms with van der Waals surface area (Å²) < 4.78 is 0. The fraction of sp³-hybridized carbons (Fsp3) is 1.00. The third kappa shape index (κ3) is 6.00. The molecule has 140 valence electrons. The average molecular weight is 351 g/mol. The van der Waals surface area contributed by atoms with Gasteiger partial charge in [-0.05, 0) is 61.9 Å². The monoisotopic (exact) mass is 350 g/mol. The molecule has 2 atom stereocenters. The highest BCUT2D eigenvalue weighted by molar-refractivity contribution is 7.59. The SMILES string of the molecule is C1CCCCC(C2CCCCCCCP2C2CCCCC2)CCC1. The van der Waals surface area contributed by atoms with Crippen LogP contribution in [0.4, 0.5) is 0 Å². The highest BCUT2D eigenvalue weighted by Crippen LogP contribution is 2.57. The Labute approximate surface area is 153 Å². The molecule has 0 bridgehead atoms. The van der Waals surface area contributed by atoms with Crippen LogP contribution in [0.2, 0.25) is 0 Å². The summed E-state index contributed by atoms with van der Waals surface area (Å²) in [4.78, 5) is 0. The summed E-state index contributed by atoms with van der Waals surface area (Å²) in [5.41, 5.74) is 2.34. The molecular weight excluding hydrogens is 307 g/mol.